The quantitative estimate of drug-likeness (QED) is 0.773. The molecule has 1 atom stereocenters. The molecule has 0 aliphatic heterocycles. The SMILES string of the molecule is Cc1ccc([C@@H](C)N)c(OCCCC#N)c1. The van der Waals surface area contributed by atoms with Gasteiger partial charge in [0, 0.05) is 18.0 Å². The number of nitrogens with zero attached hydrogens (tertiary/aromatic N) is 1. The van der Waals surface area contributed by atoms with Crippen LogP contribution in [0.1, 0.15) is 36.9 Å². The highest BCUT2D eigenvalue weighted by Crippen LogP contribution is 2.25. The Labute approximate surface area is 96.8 Å². The van der Waals surface area contributed by atoms with Crippen LogP contribution in [0.4, 0.5) is 0 Å². The van der Waals surface area contributed by atoms with Crippen molar-refractivity contribution in [2.24, 2.45) is 5.73 Å². The Morgan fingerprint density at radius 2 is 2.25 bits per heavy atom. The highest BCUT2D eigenvalue weighted by atomic mass is 16.5. The second kappa shape index (κ2) is 6.14. The van der Waals surface area contributed by atoms with E-state index in [9.17, 15) is 0 Å². The predicted octanol–water partition coefficient (Wildman–Crippen LogP) is 2.70. The molecule has 1 aromatic rings. The van der Waals surface area contributed by atoms with E-state index in [1.165, 1.54) is 0 Å². The van der Waals surface area contributed by atoms with E-state index in [-0.39, 0.29) is 6.04 Å². The zero-order chi connectivity index (χ0) is 12.0. The first kappa shape index (κ1) is 12.5. The maximum absolute atomic E-state index is 8.42. The molecule has 0 fully saturated rings. The lowest BCUT2D eigenvalue weighted by Crippen LogP contribution is -2.08. The van der Waals surface area contributed by atoms with E-state index in [1.807, 2.05) is 32.0 Å². The summed E-state index contributed by atoms with van der Waals surface area (Å²) in [6.07, 6.45) is 1.28. The van der Waals surface area contributed by atoms with Crippen LogP contribution < -0.4 is 10.5 Å². The van der Waals surface area contributed by atoms with Crippen molar-refractivity contribution in [1.82, 2.24) is 0 Å². The smallest absolute Gasteiger partial charge is 0.124 e. The minimum absolute atomic E-state index is 0.0356. The minimum atomic E-state index is -0.0356. The van der Waals surface area contributed by atoms with Crippen LogP contribution in [0.25, 0.3) is 0 Å². The van der Waals surface area contributed by atoms with E-state index in [0.29, 0.717) is 13.0 Å². The first-order valence-electron chi connectivity index (χ1n) is 5.51. The van der Waals surface area contributed by atoms with Crippen molar-refractivity contribution in [3.05, 3.63) is 29.3 Å². The zero-order valence-corrected chi connectivity index (χ0v) is 9.86. The van der Waals surface area contributed by atoms with E-state index in [0.717, 1.165) is 23.3 Å². The fraction of sp³-hybridized carbons (Fsp3) is 0.462. The Morgan fingerprint density at radius 1 is 1.50 bits per heavy atom. The van der Waals surface area contributed by atoms with Crippen molar-refractivity contribution in [3.8, 4) is 11.8 Å². The molecule has 1 rings (SSSR count). The fourth-order valence-corrected chi connectivity index (χ4v) is 1.48. The van der Waals surface area contributed by atoms with Crippen LogP contribution in [0.5, 0.6) is 5.75 Å². The van der Waals surface area contributed by atoms with Crippen LogP contribution in [-0.2, 0) is 0 Å². The summed E-state index contributed by atoms with van der Waals surface area (Å²) in [5, 5.41) is 8.42. The van der Waals surface area contributed by atoms with Gasteiger partial charge in [0.05, 0.1) is 12.7 Å². The van der Waals surface area contributed by atoms with Gasteiger partial charge in [-0.3, -0.25) is 0 Å². The summed E-state index contributed by atoms with van der Waals surface area (Å²) in [5.74, 6) is 0.841. The van der Waals surface area contributed by atoms with E-state index in [2.05, 4.69) is 6.07 Å². The topological polar surface area (TPSA) is 59.0 Å². The maximum Gasteiger partial charge on any atom is 0.124 e. The summed E-state index contributed by atoms with van der Waals surface area (Å²) >= 11 is 0. The molecule has 0 spiro atoms. The Balaban J connectivity index is 2.69. The van der Waals surface area contributed by atoms with Crippen molar-refractivity contribution < 1.29 is 4.74 Å². The average Bonchev–Trinajstić information content (AvgIpc) is 2.24. The Morgan fingerprint density at radius 3 is 2.88 bits per heavy atom. The van der Waals surface area contributed by atoms with Crippen LogP contribution in [0, 0.1) is 18.3 Å². The van der Waals surface area contributed by atoms with E-state index >= 15 is 0 Å². The molecule has 3 nitrogen and oxygen atoms in total. The largest absolute Gasteiger partial charge is 0.493 e. The number of ether oxygens (including phenoxy) is 1. The maximum atomic E-state index is 8.42. The fourth-order valence-electron chi connectivity index (χ4n) is 1.48. The molecule has 0 aliphatic rings. The van der Waals surface area contributed by atoms with Crippen molar-refractivity contribution >= 4 is 0 Å². The Hall–Kier alpha value is -1.53. The minimum Gasteiger partial charge on any atom is -0.493 e. The average molecular weight is 218 g/mol. The van der Waals surface area contributed by atoms with Crippen LogP contribution in [0.2, 0.25) is 0 Å². The van der Waals surface area contributed by atoms with Gasteiger partial charge >= 0.3 is 0 Å². The van der Waals surface area contributed by atoms with Gasteiger partial charge in [-0.1, -0.05) is 12.1 Å². The van der Waals surface area contributed by atoms with Gasteiger partial charge in [0.15, 0.2) is 0 Å². The molecule has 0 heterocycles. The molecule has 0 aliphatic carbocycles. The molecule has 0 unspecified atom stereocenters. The van der Waals surface area contributed by atoms with Gasteiger partial charge in [0.25, 0.3) is 0 Å². The van der Waals surface area contributed by atoms with Gasteiger partial charge < -0.3 is 10.5 Å². The lowest BCUT2D eigenvalue weighted by atomic mass is 10.1. The Kier molecular flexibility index (Phi) is 4.81. The summed E-state index contributed by atoms with van der Waals surface area (Å²) in [7, 11) is 0. The molecule has 0 saturated carbocycles. The van der Waals surface area contributed by atoms with Gasteiger partial charge in [-0.05, 0) is 31.9 Å². The van der Waals surface area contributed by atoms with Gasteiger partial charge in [0.2, 0.25) is 0 Å². The highest BCUT2D eigenvalue weighted by molar-refractivity contribution is 5.38. The third kappa shape index (κ3) is 3.56. The molecule has 0 aromatic heterocycles. The van der Waals surface area contributed by atoms with Crippen LogP contribution in [0.15, 0.2) is 18.2 Å². The van der Waals surface area contributed by atoms with Crippen LogP contribution >= 0.6 is 0 Å². The van der Waals surface area contributed by atoms with Gasteiger partial charge in [-0.15, -0.1) is 0 Å². The molecule has 2 N–H and O–H groups in total. The summed E-state index contributed by atoms with van der Waals surface area (Å²) in [6, 6.07) is 8.08. The first-order chi connectivity index (χ1) is 7.65. The van der Waals surface area contributed by atoms with E-state index in [4.69, 9.17) is 15.7 Å². The number of benzene rings is 1. The number of unbranched alkanes of at least 4 members (excludes halogenated alkanes) is 1. The molecule has 16 heavy (non-hydrogen) atoms. The van der Waals surface area contributed by atoms with Crippen LogP contribution in [0.3, 0.4) is 0 Å². The number of aryl methyl sites for hydroxylation is 1. The second-order valence-corrected chi connectivity index (χ2v) is 3.94. The van der Waals surface area contributed by atoms with Crippen molar-refractivity contribution in [1.29, 1.82) is 5.26 Å². The molecule has 3 heteroatoms. The van der Waals surface area contributed by atoms with Gasteiger partial charge in [-0.2, -0.15) is 5.26 Å². The normalized spacial score (nSPS) is 11.9. The third-order valence-corrected chi connectivity index (χ3v) is 2.35. The second-order valence-electron chi connectivity index (χ2n) is 3.94. The Bertz CT molecular complexity index is 380. The van der Waals surface area contributed by atoms with Crippen molar-refractivity contribution in [2.45, 2.75) is 32.7 Å². The number of nitrogens with two attached hydrogens (primary N) is 1. The summed E-state index contributed by atoms with van der Waals surface area (Å²) in [6.45, 7) is 4.52. The molecule has 0 radical (unpaired) electrons. The highest BCUT2D eigenvalue weighted by Gasteiger charge is 2.07. The van der Waals surface area contributed by atoms with E-state index < -0.39 is 0 Å². The molecular formula is C13H18N2O. The summed E-state index contributed by atoms with van der Waals surface area (Å²) in [5.41, 5.74) is 8.03. The lowest BCUT2D eigenvalue weighted by molar-refractivity contribution is 0.308. The number of nitriles is 1. The standard InChI is InChI=1S/C13H18N2O/c1-10-5-6-12(11(2)15)13(9-10)16-8-4-3-7-14/h5-6,9,11H,3-4,8,15H2,1-2H3/t11-/m1/s1. The predicted molar refractivity (Wildman–Crippen MR) is 64.1 cm³/mol. The van der Waals surface area contributed by atoms with E-state index in [1.54, 1.807) is 0 Å². The van der Waals surface area contributed by atoms with Crippen LogP contribution in [-0.4, -0.2) is 6.61 Å². The molecular weight excluding hydrogens is 200 g/mol. The lowest BCUT2D eigenvalue weighted by Gasteiger charge is -2.14. The summed E-state index contributed by atoms with van der Waals surface area (Å²) < 4.78 is 5.65. The number of hydrogen-bond donors (Lipinski definition) is 1. The van der Waals surface area contributed by atoms with Gasteiger partial charge in [-0.25, -0.2) is 0 Å². The number of hydrogen-bond acceptors (Lipinski definition) is 3. The first-order valence-corrected chi connectivity index (χ1v) is 5.51. The monoisotopic (exact) mass is 218 g/mol. The molecule has 0 bridgehead atoms. The van der Waals surface area contributed by atoms with Crippen molar-refractivity contribution in [3.63, 3.8) is 0 Å². The van der Waals surface area contributed by atoms with Crippen molar-refractivity contribution in [2.75, 3.05) is 6.61 Å². The molecule has 0 saturated heterocycles. The van der Waals surface area contributed by atoms with Gasteiger partial charge in [0.1, 0.15) is 5.75 Å². The molecule has 86 valence electrons. The molecule has 1 aromatic carbocycles. The third-order valence-electron chi connectivity index (χ3n) is 2.35. The molecule has 0 amide bonds. The summed E-state index contributed by atoms with van der Waals surface area (Å²) in [4.78, 5) is 0. The number of rotatable bonds is 5. The zero-order valence-electron chi connectivity index (χ0n) is 9.86.